The fraction of sp³-hybridized carbons (Fsp3) is 0.500. The molecule has 92 valence electrons. The Morgan fingerprint density at radius 3 is 2.76 bits per heavy atom. The topological polar surface area (TPSA) is 20.3 Å². The van der Waals surface area contributed by atoms with E-state index in [1.165, 1.54) is 11.1 Å². The van der Waals surface area contributed by atoms with Gasteiger partial charge in [0.15, 0.2) is 0 Å². The van der Waals surface area contributed by atoms with Gasteiger partial charge in [-0.2, -0.15) is 11.8 Å². The van der Waals surface area contributed by atoms with Gasteiger partial charge in [0, 0.05) is 6.54 Å². The number of aryl methyl sites for hydroxylation is 1. The molecule has 1 aromatic rings. The Kier molecular flexibility index (Phi) is 4.11. The Balaban J connectivity index is 2.14. The van der Waals surface area contributed by atoms with Crippen LogP contribution in [-0.4, -0.2) is 29.4 Å². The molecule has 1 heterocycles. The molecule has 1 aromatic carbocycles. The molecule has 3 heteroatoms. The molecule has 1 fully saturated rings. The fourth-order valence-electron chi connectivity index (χ4n) is 2.41. The predicted molar refractivity (Wildman–Crippen MR) is 73.2 cm³/mol. The minimum atomic E-state index is 0.278. The Bertz CT molecular complexity index is 388. The molecule has 0 aliphatic carbocycles. The zero-order valence-corrected chi connectivity index (χ0v) is 11.3. The van der Waals surface area contributed by atoms with Gasteiger partial charge in [-0.1, -0.05) is 29.8 Å². The molecule has 1 atom stereocenters. The van der Waals surface area contributed by atoms with Crippen LogP contribution in [0.2, 0.25) is 0 Å². The highest BCUT2D eigenvalue weighted by molar-refractivity contribution is 7.99. The second-order valence-electron chi connectivity index (χ2n) is 4.59. The van der Waals surface area contributed by atoms with Crippen LogP contribution in [-0.2, 0) is 4.79 Å². The van der Waals surface area contributed by atoms with Gasteiger partial charge in [-0.15, -0.1) is 0 Å². The van der Waals surface area contributed by atoms with Crippen molar-refractivity contribution in [2.75, 3.05) is 18.6 Å². The number of hydrogen-bond acceptors (Lipinski definition) is 2. The number of rotatable bonds is 3. The standard InChI is InChI=1S/C14H19NOS/c1-11-5-7-12(8-6-11)13-4-3-9-15(13)14(16)10-17-2/h5-8,13H,3-4,9-10H2,1-2H3. The van der Waals surface area contributed by atoms with Crippen LogP contribution in [0.25, 0.3) is 0 Å². The Morgan fingerprint density at radius 1 is 1.41 bits per heavy atom. The SMILES string of the molecule is CSCC(=O)N1CCCC1c1ccc(C)cc1. The van der Waals surface area contributed by atoms with Gasteiger partial charge >= 0.3 is 0 Å². The van der Waals surface area contributed by atoms with E-state index in [1.807, 2.05) is 11.2 Å². The molecule has 0 N–H and O–H groups in total. The number of carbonyl (C=O) groups is 1. The summed E-state index contributed by atoms with van der Waals surface area (Å²) in [4.78, 5) is 14.0. The Hall–Kier alpha value is -0.960. The van der Waals surface area contributed by atoms with Crippen molar-refractivity contribution in [1.29, 1.82) is 0 Å². The van der Waals surface area contributed by atoms with Crippen LogP contribution in [0.4, 0.5) is 0 Å². The molecule has 1 unspecified atom stereocenters. The monoisotopic (exact) mass is 249 g/mol. The summed E-state index contributed by atoms with van der Waals surface area (Å²) in [7, 11) is 0. The van der Waals surface area contributed by atoms with Crippen molar-refractivity contribution in [3.05, 3.63) is 35.4 Å². The number of nitrogens with zero attached hydrogens (tertiary/aromatic N) is 1. The molecular weight excluding hydrogens is 230 g/mol. The maximum absolute atomic E-state index is 12.0. The smallest absolute Gasteiger partial charge is 0.233 e. The average molecular weight is 249 g/mol. The van der Waals surface area contributed by atoms with Crippen LogP contribution < -0.4 is 0 Å². The minimum absolute atomic E-state index is 0.278. The quantitative estimate of drug-likeness (QED) is 0.820. The first-order valence-corrected chi connectivity index (χ1v) is 7.46. The number of likely N-dealkylation sites (tertiary alicyclic amines) is 1. The van der Waals surface area contributed by atoms with Gasteiger partial charge in [0.2, 0.25) is 5.91 Å². The number of hydrogen-bond donors (Lipinski definition) is 0. The van der Waals surface area contributed by atoms with Crippen LogP contribution in [0, 0.1) is 6.92 Å². The van der Waals surface area contributed by atoms with E-state index in [0.717, 1.165) is 19.4 Å². The molecular formula is C14H19NOS. The van der Waals surface area contributed by atoms with Gasteiger partial charge in [-0.3, -0.25) is 4.79 Å². The number of amides is 1. The van der Waals surface area contributed by atoms with Crippen molar-refractivity contribution in [3.63, 3.8) is 0 Å². The van der Waals surface area contributed by atoms with E-state index in [2.05, 4.69) is 31.2 Å². The molecule has 0 radical (unpaired) electrons. The van der Waals surface area contributed by atoms with Gasteiger partial charge in [0.05, 0.1) is 11.8 Å². The van der Waals surface area contributed by atoms with Gasteiger partial charge in [0.25, 0.3) is 0 Å². The minimum Gasteiger partial charge on any atom is -0.335 e. The van der Waals surface area contributed by atoms with Crippen molar-refractivity contribution < 1.29 is 4.79 Å². The summed E-state index contributed by atoms with van der Waals surface area (Å²) < 4.78 is 0. The highest BCUT2D eigenvalue weighted by Gasteiger charge is 2.29. The van der Waals surface area contributed by atoms with E-state index in [0.29, 0.717) is 11.8 Å². The predicted octanol–water partition coefficient (Wildman–Crippen LogP) is 3.02. The molecule has 1 amide bonds. The number of carbonyl (C=O) groups excluding carboxylic acids is 1. The van der Waals surface area contributed by atoms with Crippen LogP contribution in [0.5, 0.6) is 0 Å². The summed E-state index contributed by atoms with van der Waals surface area (Å²) in [6.07, 6.45) is 4.21. The molecule has 0 bridgehead atoms. The van der Waals surface area contributed by atoms with E-state index in [9.17, 15) is 4.79 Å². The second kappa shape index (κ2) is 5.58. The van der Waals surface area contributed by atoms with Gasteiger partial charge < -0.3 is 4.90 Å². The molecule has 1 saturated heterocycles. The molecule has 0 saturated carbocycles. The molecule has 0 spiro atoms. The van der Waals surface area contributed by atoms with Gasteiger partial charge in [0.1, 0.15) is 0 Å². The highest BCUT2D eigenvalue weighted by Crippen LogP contribution is 2.32. The maximum Gasteiger partial charge on any atom is 0.233 e. The third kappa shape index (κ3) is 2.83. The maximum atomic E-state index is 12.0. The van der Waals surface area contributed by atoms with Crippen LogP contribution in [0.15, 0.2) is 24.3 Å². The third-order valence-corrected chi connectivity index (χ3v) is 3.84. The third-order valence-electron chi connectivity index (χ3n) is 3.30. The van der Waals surface area contributed by atoms with E-state index < -0.39 is 0 Å². The first-order chi connectivity index (χ1) is 8.22. The normalized spacial score (nSPS) is 19.6. The summed E-state index contributed by atoms with van der Waals surface area (Å²) >= 11 is 1.61. The molecule has 2 nitrogen and oxygen atoms in total. The first-order valence-electron chi connectivity index (χ1n) is 6.07. The molecule has 1 aliphatic rings. The van der Waals surface area contributed by atoms with E-state index in [1.54, 1.807) is 11.8 Å². The zero-order valence-electron chi connectivity index (χ0n) is 10.5. The lowest BCUT2D eigenvalue weighted by Crippen LogP contribution is -2.31. The summed E-state index contributed by atoms with van der Waals surface area (Å²) in [6.45, 7) is 3.01. The largest absolute Gasteiger partial charge is 0.335 e. The Labute approximate surface area is 107 Å². The van der Waals surface area contributed by atoms with E-state index >= 15 is 0 Å². The number of thioether (sulfide) groups is 1. The van der Waals surface area contributed by atoms with Crippen LogP contribution >= 0.6 is 11.8 Å². The first kappa shape index (κ1) is 12.5. The van der Waals surface area contributed by atoms with Crippen LogP contribution in [0.1, 0.15) is 30.0 Å². The van der Waals surface area contributed by atoms with E-state index in [-0.39, 0.29) is 5.91 Å². The van der Waals surface area contributed by atoms with Crippen LogP contribution in [0.3, 0.4) is 0 Å². The van der Waals surface area contributed by atoms with Crippen molar-refractivity contribution in [1.82, 2.24) is 4.90 Å². The molecule has 2 rings (SSSR count). The lowest BCUT2D eigenvalue weighted by Gasteiger charge is -2.25. The highest BCUT2D eigenvalue weighted by atomic mass is 32.2. The van der Waals surface area contributed by atoms with Crippen molar-refractivity contribution in [2.24, 2.45) is 0 Å². The fourth-order valence-corrected chi connectivity index (χ4v) is 2.82. The van der Waals surface area contributed by atoms with Crippen molar-refractivity contribution in [3.8, 4) is 0 Å². The summed E-state index contributed by atoms with van der Waals surface area (Å²) in [6, 6.07) is 8.88. The van der Waals surface area contributed by atoms with Gasteiger partial charge in [-0.25, -0.2) is 0 Å². The molecule has 1 aliphatic heterocycles. The summed E-state index contributed by atoms with van der Waals surface area (Å²) in [5, 5.41) is 0. The molecule has 0 aromatic heterocycles. The lowest BCUT2D eigenvalue weighted by molar-refractivity contribution is -0.129. The van der Waals surface area contributed by atoms with Crippen molar-refractivity contribution >= 4 is 17.7 Å². The Morgan fingerprint density at radius 2 is 2.12 bits per heavy atom. The molecule has 17 heavy (non-hydrogen) atoms. The number of benzene rings is 1. The summed E-state index contributed by atoms with van der Waals surface area (Å²) in [5.41, 5.74) is 2.55. The lowest BCUT2D eigenvalue weighted by atomic mass is 10.0. The zero-order chi connectivity index (χ0) is 12.3. The van der Waals surface area contributed by atoms with E-state index in [4.69, 9.17) is 0 Å². The van der Waals surface area contributed by atoms with Crippen molar-refractivity contribution in [2.45, 2.75) is 25.8 Å². The average Bonchev–Trinajstić information content (AvgIpc) is 2.79. The second-order valence-corrected chi connectivity index (χ2v) is 5.45. The van der Waals surface area contributed by atoms with Gasteiger partial charge in [-0.05, 0) is 31.6 Å². The summed E-state index contributed by atoms with van der Waals surface area (Å²) in [5.74, 6) is 0.878.